The number of rotatable bonds is 3. The Labute approximate surface area is 132 Å². The maximum atomic E-state index is 12.4. The number of carbonyl (C=O) groups excluding carboxylic acids is 1. The summed E-state index contributed by atoms with van der Waals surface area (Å²) < 4.78 is 31.8. The molecule has 1 amide bonds. The highest BCUT2D eigenvalue weighted by molar-refractivity contribution is 7.86. The molecule has 1 aromatic heterocycles. The molecule has 0 spiro atoms. The van der Waals surface area contributed by atoms with Gasteiger partial charge in [-0.25, -0.2) is 9.17 Å². The zero-order chi connectivity index (χ0) is 16.0. The number of imidazole rings is 1. The van der Waals surface area contributed by atoms with Crippen molar-refractivity contribution in [3.05, 3.63) is 47.5 Å². The van der Waals surface area contributed by atoms with Crippen molar-refractivity contribution >= 4 is 16.0 Å². The number of carbonyl (C=O) groups is 1. The Morgan fingerprint density at radius 1 is 1.26 bits per heavy atom. The highest BCUT2D eigenvalue weighted by Crippen LogP contribution is 2.31. The monoisotopic (exact) mass is 334 g/mol. The predicted octanol–water partition coefficient (Wildman–Crippen LogP) is 0.134. The van der Waals surface area contributed by atoms with Crippen LogP contribution in [0.3, 0.4) is 0 Å². The quantitative estimate of drug-likeness (QED) is 0.774. The third-order valence-electron chi connectivity index (χ3n) is 3.87. The van der Waals surface area contributed by atoms with Crippen LogP contribution in [0.15, 0.2) is 35.2 Å². The van der Waals surface area contributed by atoms with E-state index in [-0.39, 0.29) is 10.8 Å². The molecule has 1 aromatic carbocycles. The van der Waals surface area contributed by atoms with Crippen LogP contribution in [0.5, 0.6) is 0 Å². The Morgan fingerprint density at radius 2 is 2.04 bits per heavy atom. The lowest BCUT2D eigenvalue weighted by molar-refractivity contribution is 0.0917. The van der Waals surface area contributed by atoms with Crippen LogP contribution in [-0.2, 0) is 27.4 Å². The molecule has 9 heteroatoms. The highest BCUT2D eigenvalue weighted by atomic mass is 32.2. The van der Waals surface area contributed by atoms with Crippen molar-refractivity contribution in [3.8, 4) is 0 Å². The summed E-state index contributed by atoms with van der Waals surface area (Å²) in [4.78, 5) is 16.2. The van der Waals surface area contributed by atoms with E-state index in [2.05, 4.69) is 15.6 Å². The van der Waals surface area contributed by atoms with Crippen LogP contribution in [0.2, 0.25) is 0 Å². The zero-order valence-corrected chi connectivity index (χ0v) is 12.8. The largest absolute Gasteiger partial charge is 0.348 e. The van der Waals surface area contributed by atoms with Crippen molar-refractivity contribution in [2.24, 2.45) is 0 Å². The van der Waals surface area contributed by atoms with Gasteiger partial charge in [0.2, 0.25) is 0 Å². The number of fused-ring (bicyclic) bond motifs is 3. The molecule has 0 aliphatic carbocycles. The predicted molar refractivity (Wildman–Crippen MR) is 78.9 cm³/mol. The van der Waals surface area contributed by atoms with E-state index in [1.807, 2.05) is 0 Å². The average Bonchev–Trinajstić information content (AvgIpc) is 3.09. The lowest BCUT2D eigenvalue weighted by atomic mass is 10.3. The van der Waals surface area contributed by atoms with Gasteiger partial charge in [-0.15, -0.1) is 0 Å². The summed E-state index contributed by atoms with van der Waals surface area (Å²) in [5.74, 6) is 0.0452. The van der Waals surface area contributed by atoms with Crippen LogP contribution in [0, 0.1) is 0 Å². The molecule has 4 rings (SSSR count). The molecule has 8 nitrogen and oxygen atoms in total. The molecule has 0 bridgehead atoms. The van der Waals surface area contributed by atoms with Crippen molar-refractivity contribution in [3.63, 3.8) is 0 Å². The molecule has 1 unspecified atom stereocenters. The van der Waals surface area contributed by atoms with Gasteiger partial charge in [0.25, 0.3) is 16.0 Å². The molecule has 23 heavy (non-hydrogen) atoms. The Balaban J connectivity index is 1.68. The fraction of sp³-hybridized carbons (Fsp3) is 0.286. The van der Waals surface area contributed by atoms with Crippen LogP contribution in [-0.4, -0.2) is 30.4 Å². The van der Waals surface area contributed by atoms with Crippen molar-refractivity contribution < 1.29 is 17.4 Å². The fourth-order valence-electron chi connectivity index (χ4n) is 2.83. The summed E-state index contributed by atoms with van der Waals surface area (Å²) in [6, 6.07) is 7.95. The first kappa shape index (κ1) is 14.4. The van der Waals surface area contributed by atoms with Gasteiger partial charge in [-0.1, -0.05) is 18.2 Å². The van der Waals surface area contributed by atoms with Crippen LogP contribution in [0.25, 0.3) is 0 Å². The van der Waals surface area contributed by atoms with Gasteiger partial charge >= 0.3 is 0 Å². The van der Waals surface area contributed by atoms with Gasteiger partial charge in [-0.05, 0) is 12.1 Å². The maximum absolute atomic E-state index is 12.4. The van der Waals surface area contributed by atoms with Gasteiger partial charge in [-0.2, -0.15) is 8.42 Å². The Morgan fingerprint density at radius 3 is 2.83 bits per heavy atom. The number of hydrogen-bond donors (Lipinski definition) is 2. The number of nitrogens with zero attached hydrogens (tertiary/aromatic N) is 2. The summed E-state index contributed by atoms with van der Waals surface area (Å²) in [5, 5.41) is 5.69. The normalized spacial score (nSPS) is 20.0. The lowest BCUT2D eigenvalue weighted by Crippen LogP contribution is -2.37. The number of benzene rings is 1. The second kappa shape index (κ2) is 5.15. The Bertz CT molecular complexity index is 876. The van der Waals surface area contributed by atoms with Crippen molar-refractivity contribution in [2.75, 3.05) is 6.54 Å². The first-order valence-electron chi connectivity index (χ1n) is 7.15. The smallest absolute Gasteiger partial charge is 0.298 e. The molecule has 2 aliphatic rings. The first-order chi connectivity index (χ1) is 11.1. The molecule has 120 valence electrons. The third-order valence-corrected chi connectivity index (χ3v) is 5.16. The third kappa shape index (κ3) is 2.33. The van der Waals surface area contributed by atoms with E-state index in [9.17, 15) is 13.2 Å². The minimum absolute atomic E-state index is 0.0892. The number of aromatic nitrogens is 2. The van der Waals surface area contributed by atoms with Gasteiger partial charge in [0, 0.05) is 19.6 Å². The molecule has 1 atom stereocenters. The minimum atomic E-state index is -3.91. The van der Waals surface area contributed by atoms with Gasteiger partial charge in [0.15, 0.2) is 12.1 Å². The first-order valence-corrected chi connectivity index (χ1v) is 8.56. The van der Waals surface area contributed by atoms with Crippen molar-refractivity contribution in [1.29, 1.82) is 0 Å². The Hall–Kier alpha value is -2.23. The molecule has 0 radical (unpaired) electrons. The molecular formula is C14H14N4O4S. The number of amides is 1. The zero-order valence-electron chi connectivity index (χ0n) is 12.0. The van der Waals surface area contributed by atoms with E-state index < -0.39 is 16.3 Å². The summed E-state index contributed by atoms with van der Waals surface area (Å²) in [6.07, 6.45) is -0.845. The molecule has 0 saturated carbocycles. The van der Waals surface area contributed by atoms with E-state index in [0.29, 0.717) is 36.8 Å². The van der Waals surface area contributed by atoms with Gasteiger partial charge < -0.3 is 9.88 Å². The van der Waals surface area contributed by atoms with E-state index >= 15 is 0 Å². The molecule has 3 heterocycles. The van der Waals surface area contributed by atoms with E-state index in [4.69, 9.17) is 4.18 Å². The van der Waals surface area contributed by atoms with Crippen molar-refractivity contribution in [1.82, 2.24) is 20.2 Å². The average molecular weight is 334 g/mol. The Kier molecular flexibility index (Phi) is 3.22. The van der Waals surface area contributed by atoms with Crippen LogP contribution in [0.4, 0.5) is 0 Å². The summed E-state index contributed by atoms with van der Waals surface area (Å²) >= 11 is 0. The van der Waals surface area contributed by atoms with Crippen LogP contribution < -0.4 is 10.6 Å². The summed E-state index contributed by atoms with van der Waals surface area (Å²) in [6.45, 7) is 1.38. The van der Waals surface area contributed by atoms with E-state index in [0.717, 1.165) is 0 Å². The number of hydrogen-bond acceptors (Lipinski definition) is 6. The van der Waals surface area contributed by atoms with E-state index in [1.54, 1.807) is 22.8 Å². The standard InChI is InChI=1S/C14H14N4O4S/c19-13-12-17-10-8-16-14(11(10)18(12)7-6-15-13)22-23(20,21)9-4-2-1-3-5-9/h1-5,14,16H,6-8H2,(H,15,19). The molecule has 0 saturated heterocycles. The minimum Gasteiger partial charge on any atom is -0.348 e. The second-order valence-electron chi connectivity index (χ2n) is 5.30. The second-order valence-corrected chi connectivity index (χ2v) is 6.87. The molecule has 2 N–H and O–H groups in total. The molecular weight excluding hydrogens is 320 g/mol. The molecule has 2 aromatic rings. The van der Waals surface area contributed by atoms with Crippen LogP contribution in [0.1, 0.15) is 28.2 Å². The summed E-state index contributed by atoms with van der Waals surface area (Å²) in [5.41, 5.74) is 1.25. The van der Waals surface area contributed by atoms with Gasteiger partial charge in [0.1, 0.15) is 0 Å². The SMILES string of the molecule is O=C1NCCn2c1nc1c2C(OS(=O)(=O)c2ccccc2)NC1. The molecule has 2 aliphatic heterocycles. The van der Waals surface area contributed by atoms with Crippen molar-refractivity contribution in [2.45, 2.75) is 24.2 Å². The van der Waals surface area contributed by atoms with Gasteiger partial charge in [0.05, 0.1) is 16.3 Å². The number of nitrogens with one attached hydrogen (secondary N) is 2. The topological polar surface area (TPSA) is 102 Å². The maximum Gasteiger partial charge on any atom is 0.298 e. The lowest BCUT2D eigenvalue weighted by Gasteiger charge is -2.20. The molecule has 0 fully saturated rings. The highest BCUT2D eigenvalue weighted by Gasteiger charge is 2.36. The fourth-order valence-corrected chi connectivity index (χ4v) is 3.85. The van der Waals surface area contributed by atoms with Crippen LogP contribution >= 0.6 is 0 Å². The van der Waals surface area contributed by atoms with Gasteiger partial charge in [-0.3, -0.25) is 10.1 Å². The van der Waals surface area contributed by atoms with E-state index in [1.165, 1.54) is 12.1 Å². The summed E-state index contributed by atoms with van der Waals surface area (Å²) in [7, 11) is -3.91.